The number of aliphatic hydroxyl groups excluding tert-OH is 1. The summed E-state index contributed by atoms with van der Waals surface area (Å²) in [6.45, 7) is 11.4. The summed E-state index contributed by atoms with van der Waals surface area (Å²) < 4.78 is 6.28. The molecule has 4 aliphatic rings. The van der Waals surface area contributed by atoms with E-state index in [1.54, 1.807) is 6.92 Å². The Morgan fingerprint density at radius 1 is 1.09 bits per heavy atom. The molecule has 192 valence electrons. The lowest BCUT2D eigenvalue weighted by Crippen LogP contribution is -2.63. The Balaban J connectivity index is 1.63. The number of nitriles is 1. The zero-order valence-corrected chi connectivity index (χ0v) is 22.4. The van der Waals surface area contributed by atoms with Crippen molar-refractivity contribution in [1.29, 1.82) is 5.26 Å². The summed E-state index contributed by atoms with van der Waals surface area (Å²) in [6, 6.07) is 2.30. The van der Waals surface area contributed by atoms with Crippen LogP contribution >= 0.6 is 0 Å². The van der Waals surface area contributed by atoms with Crippen LogP contribution in [0.5, 0.6) is 0 Å². The average Bonchev–Trinajstić information content (AvgIpc) is 3.14. The lowest BCUT2D eigenvalue weighted by atomic mass is 9.41. The van der Waals surface area contributed by atoms with Crippen molar-refractivity contribution in [2.75, 3.05) is 0 Å². The minimum Gasteiger partial charge on any atom is -0.462 e. The highest BCUT2D eigenvalue weighted by atomic mass is 16.5. The maximum Gasteiger partial charge on any atom is 0.302 e. The first-order chi connectivity index (χ1) is 16.2. The van der Waals surface area contributed by atoms with E-state index in [-0.39, 0.29) is 23.6 Å². The van der Waals surface area contributed by atoms with Gasteiger partial charge >= 0.3 is 5.97 Å². The molecule has 4 rings (SSSR count). The van der Waals surface area contributed by atoms with Gasteiger partial charge in [0.1, 0.15) is 6.10 Å². The smallest absolute Gasteiger partial charge is 0.302 e. The normalized spacial score (nSPS) is 46.5. The first-order valence-electron chi connectivity index (χ1n) is 14.4. The second kappa shape index (κ2) is 10.1. The number of ether oxygens (including phenoxy) is 1. The van der Waals surface area contributed by atoms with E-state index in [2.05, 4.69) is 33.8 Å². The van der Waals surface area contributed by atoms with Gasteiger partial charge in [-0.25, -0.2) is 0 Å². The molecule has 0 amide bonds. The largest absolute Gasteiger partial charge is 0.462 e. The van der Waals surface area contributed by atoms with Crippen LogP contribution in [0.2, 0.25) is 0 Å². The zero-order valence-electron chi connectivity index (χ0n) is 22.4. The molecule has 1 N–H and O–H groups in total. The van der Waals surface area contributed by atoms with Gasteiger partial charge in [0.05, 0.1) is 12.2 Å². The number of esters is 1. The van der Waals surface area contributed by atoms with Gasteiger partial charge in [-0.05, 0) is 104 Å². The van der Waals surface area contributed by atoms with Gasteiger partial charge in [-0.15, -0.1) is 0 Å². The molecular weight excluding hydrogens is 422 g/mol. The second-order valence-corrected chi connectivity index (χ2v) is 13.1. The first-order valence-corrected chi connectivity index (χ1v) is 14.4. The Morgan fingerprint density at radius 3 is 2.47 bits per heavy atom. The predicted octanol–water partition coefficient (Wildman–Crippen LogP) is 6.90. The van der Waals surface area contributed by atoms with E-state index in [0.717, 1.165) is 44.4 Å². The van der Waals surface area contributed by atoms with Gasteiger partial charge in [0, 0.05) is 19.3 Å². The van der Waals surface area contributed by atoms with Gasteiger partial charge in [0.15, 0.2) is 0 Å². The van der Waals surface area contributed by atoms with Crippen LogP contribution < -0.4 is 0 Å². The molecule has 4 saturated carbocycles. The summed E-state index contributed by atoms with van der Waals surface area (Å²) in [4.78, 5) is 12.4. The molecule has 2 unspecified atom stereocenters. The highest BCUT2D eigenvalue weighted by Gasteiger charge is 2.65. The molecule has 0 aromatic rings. The summed E-state index contributed by atoms with van der Waals surface area (Å²) in [7, 11) is 0. The van der Waals surface area contributed by atoms with Crippen LogP contribution in [-0.4, -0.2) is 23.3 Å². The van der Waals surface area contributed by atoms with E-state index in [4.69, 9.17) is 10.00 Å². The highest BCUT2D eigenvalue weighted by molar-refractivity contribution is 5.66. The summed E-state index contributed by atoms with van der Waals surface area (Å²) in [6.07, 6.45) is 12.9. The van der Waals surface area contributed by atoms with Crippen molar-refractivity contribution in [3.63, 3.8) is 0 Å². The zero-order chi connectivity index (χ0) is 24.7. The lowest BCUT2D eigenvalue weighted by Gasteiger charge is -2.65. The van der Waals surface area contributed by atoms with Gasteiger partial charge in [-0.3, -0.25) is 4.79 Å². The molecule has 0 spiro atoms. The standard InChI is InChI=1S/C30H49NO3/c1-6-22-26-18-21(33)13-15-30(26,5)25-14-16-29(4)23(19(2)10-8-7-9-17-31)11-12-24(29)27(25)28(22)34-20(3)32/h19,21-28,33H,6-16,18H2,1-5H3/t19-,21-,22-,23?,24+,25+,26+,27+,28-,29-,30?/m1/s1. The number of carbonyl (C=O) groups excluding carboxylic acids is 1. The number of hydrogen-bond donors (Lipinski definition) is 1. The van der Waals surface area contributed by atoms with Crippen LogP contribution in [0.25, 0.3) is 0 Å². The topological polar surface area (TPSA) is 70.3 Å². The van der Waals surface area contributed by atoms with E-state index >= 15 is 0 Å². The lowest BCUT2D eigenvalue weighted by molar-refractivity contribution is -0.217. The Morgan fingerprint density at radius 2 is 1.79 bits per heavy atom. The van der Waals surface area contributed by atoms with Crippen molar-refractivity contribution in [1.82, 2.24) is 0 Å². The van der Waals surface area contributed by atoms with Crippen molar-refractivity contribution < 1.29 is 14.6 Å². The first kappa shape index (κ1) is 26.0. The van der Waals surface area contributed by atoms with E-state index in [1.807, 2.05) is 0 Å². The van der Waals surface area contributed by atoms with Crippen molar-refractivity contribution in [2.24, 2.45) is 52.3 Å². The molecule has 0 aromatic carbocycles. The van der Waals surface area contributed by atoms with E-state index < -0.39 is 0 Å². The number of nitrogens with zero attached hydrogens (tertiary/aromatic N) is 1. The number of rotatable bonds is 7. The predicted molar refractivity (Wildman–Crippen MR) is 135 cm³/mol. The van der Waals surface area contributed by atoms with Crippen LogP contribution in [0.3, 0.4) is 0 Å². The van der Waals surface area contributed by atoms with Crippen molar-refractivity contribution >= 4 is 5.97 Å². The van der Waals surface area contributed by atoms with Crippen LogP contribution in [0.1, 0.15) is 112 Å². The molecule has 4 fully saturated rings. The molecule has 0 bridgehead atoms. The number of carbonyl (C=O) groups is 1. The van der Waals surface area contributed by atoms with Gasteiger partial charge in [-0.1, -0.05) is 40.5 Å². The van der Waals surface area contributed by atoms with Crippen molar-refractivity contribution in [2.45, 2.75) is 124 Å². The molecule has 0 saturated heterocycles. The monoisotopic (exact) mass is 471 g/mol. The van der Waals surface area contributed by atoms with Crippen molar-refractivity contribution in [3.8, 4) is 6.07 Å². The fourth-order valence-corrected chi connectivity index (χ4v) is 10.1. The second-order valence-electron chi connectivity index (χ2n) is 13.1. The van der Waals surface area contributed by atoms with Gasteiger partial charge in [0.2, 0.25) is 0 Å². The molecule has 0 aliphatic heterocycles. The minimum absolute atomic E-state index is 0.00480. The summed E-state index contributed by atoms with van der Waals surface area (Å²) in [5.41, 5.74) is 0.577. The Kier molecular flexibility index (Phi) is 7.74. The maximum absolute atomic E-state index is 12.4. The number of hydrogen-bond acceptors (Lipinski definition) is 4. The molecule has 0 heterocycles. The quantitative estimate of drug-likeness (QED) is 0.324. The Bertz CT molecular complexity index is 776. The van der Waals surface area contributed by atoms with Crippen LogP contribution in [0.4, 0.5) is 0 Å². The average molecular weight is 472 g/mol. The number of unbranched alkanes of at least 4 members (excludes halogenated alkanes) is 2. The number of fused-ring (bicyclic) bond motifs is 5. The molecule has 0 radical (unpaired) electrons. The third-order valence-corrected chi connectivity index (χ3v) is 11.6. The summed E-state index contributed by atoms with van der Waals surface area (Å²) in [5, 5.41) is 19.5. The van der Waals surface area contributed by atoms with Crippen molar-refractivity contribution in [3.05, 3.63) is 0 Å². The molecular formula is C30H49NO3. The Labute approximate surface area is 208 Å². The fourth-order valence-electron chi connectivity index (χ4n) is 10.1. The van der Waals surface area contributed by atoms with Crippen LogP contribution in [0, 0.1) is 63.6 Å². The molecule has 4 aliphatic carbocycles. The molecule has 4 heteroatoms. The molecule has 11 atom stereocenters. The fraction of sp³-hybridized carbons (Fsp3) is 0.933. The minimum atomic E-state index is -0.201. The van der Waals surface area contributed by atoms with Gasteiger partial charge < -0.3 is 9.84 Å². The van der Waals surface area contributed by atoms with Crippen LogP contribution in [0.15, 0.2) is 0 Å². The van der Waals surface area contributed by atoms with E-state index in [1.165, 1.54) is 32.1 Å². The molecule has 0 aromatic heterocycles. The third kappa shape index (κ3) is 4.33. The van der Waals surface area contributed by atoms with Gasteiger partial charge in [0.25, 0.3) is 0 Å². The molecule has 34 heavy (non-hydrogen) atoms. The maximum atomic E-state index is 12.4. The van der Waals surface area contributed by atoms with Crippen LogP contribution in [-0.2, 0) is 9.53 Å². The highest BCUT2D eigenvalue weighted by Crippen LogP contribution is 2.70. The Hall–Kier alpha value is -1.08. The van der Waals surface area contributed by atoms with E-state index in [0.29, 0.717) is 47.3 Å². The van der Waals surface area contributed by atoms with Gasteiger partial charge in [-0.2, -0.15) is 5.26 Å². The number of aliphatic hydroxyl groups is 1. The summed E-state index contributed by atoms with van der Waals surface area (Å²) >= 11 is 0. The van der Waals surface area contributed by atoms with E-state index in [9.17, 15) is 9.90 Å². The summed E-state index contributed by atoms with van der Waals surface area (Å²) in [5.74, 6) is 3.78. The SMILES string of the molecule is CC[C@H]1[C@@H](OC(C)=O)[C@@H]2[C@H](CC[C@]3(C)C([C@H](C)CCCCC#N)CC[C@@H]23)C2(C)CC[C@@H](O)C[C@@H]12. The third-order valence-electron chi connectivity index (χ3n) is 11.6. The molecule has 4 nitrogen and oxygen atoms in total.